The van der Waals surface area contributed by atoms with Crippen LogP contribution >= 0.6 is 0 Å². The fraction of sp³-hybridized carbons (Fsp3) is 0.700. The minimum atomic E-state index is -0.250. The third kappa shape index (κ3) is 22.9. The summed E-state index contributed by atoms with van der Waals surface area (Å²) >= 11 is 0. The molecule has 1 N–H and O–H groups in total. The van der Waals surface area contributed by atoms with Crippen LogP contribution in [0.1, 0.15) is 46.0 Å². The van der Waals surface area contributed by atoms with Crippen LogP contribution in [-0.4, -0.2) is 11.6 Å². The van der Waals surface area contributed by atoms with Crippen molar-refractivity contribution in [3.05, 3.63) is 12.2 Å². The Bertz CT molecular complexity index is 98.0. The van der Waals surface area contributed by atoms with Crippen molar-refractivity contribution in [2.24, 2.45) is 0 Å². The van der Waals surface area contributed by atoms with Crippen molar-refractivity contribution in [1.82, 2.24) is 0 Å². The van der Waals surface area contributed by atoms with Crippen LogP contribution in [0.4, 0.5) is 0 Å². The maximum atomic E-state index is 8.36. The second kappa shape index (κ2) is 16.7. The Morgan fingerprint density at radius 3 is 2.00 bits per heavy atom. The van der Waals surface area contributed by atoms with Crippen LogP contribution in [0.15, 0.2) is 12.2 Å². The molecule has 0 amide bonds. The highest BCUT2D eigenvalue weighted by molar-refractivity contribution is 5.32. The highest BCUT2D eigenvalue weighted by atomic mass is 16.3. The lowest BCUT2D eigenvalue weighted by atomic mass is 10.2. The Kier molecular flexibility index (Phi) is 19.1. The molecule has 0 aliphatic rings. The third-order valence-electron chi connectivity index (χ3n) is 1.35. The average molecular weight is 172 g/mol. The molecular weight excluding hydrogens is 152 g/mol. The normalized spacial score (nSPS) is 9.17. The van der Waals surface area contributed by atoms with Gasteiger partial charge in [0.2, 0.25) is 0 Å². The van der Waals surface area contributed by atoms with Crippen molar-refractivity contribution >= 4 is 6.47 Å². The summed E-state index contributed by atoms with van der Waals surface area (Å²) in [6.45, 7) is 4.19. The number of hydrogen-bond acceptors (Lipinski definition) is 1. The van der Waals surface area contributed by atoms with Crippen LogP contribution in [0.25, 0.3) is 0 Å². The van der Waals surface area contributed by atoms with Gasteiger partial charge < -0.3 is 5.11 Å². The molecule has 2 heteroatoms. The molecular formula is C10H20O2. The lowest BCUT2D eigenvalue weighted by molar-refractivity contribution is -0.122. The highest BCUT2D eigenvalue weighted by Gasteiger charge is 1.76. The summed E-state index contributed by atoms with van der Waals surface area (Å²) in [6, 6.07) is 0. The second-order valence-electron chi connectivity index (χ2n) is 2.51. The SMILES string of the molecule is CCCC=CCCCC.O=CO. The molecule has 0 aliphatic heterocycles. The number of carbonyl (C=O) groups is 1. The molecule has 0 aliphatic carbocycles. The fourth-order valence-corrected chi connectivity index (χ4v) is 0.724. The third-order valence-corrected chi connectivity index (χ3v) is 1.35. The zero-order valence-corrected chi connectivity index (χ0v) is 8.12. The van der Waals surface area contributed by atoms with Gasteiger partial charge in [-0.15, -0.1) is 0 Å². The van der Waals surface area contributed by atoms with Gasteiger partial charge >= 0.3 is 0 Å². The standard InChI is InChI=1S/C9H18.CH2O2/c1-3-5-7-9-8-6-4-2;2-1-3/h7,9H,3-6,8H2,1-2H3;1H,(H,2,3). The van der Waals surface area contributed by atoms with E-state index in [1.165, 1.54) is 32.1 Å². The van der Waals surface area contributed by atoms with Gasteiger partial charge in [-0.25, -0.2) is 0 Å². The van der Waals surface area contributed by atoms with E-state index in [0.717, 1.165) is 0 Å². The smallest absolute Gasteiger partial charge is 0.290 e. The molecule has 0 saturated heterocycles. The molecule has 0 saturated carbocycles. The number of allylic oxidation sites excluding steroid dienone is 2. The van der Waals surface area contributed by atoms with Gasteiger partial charge in [0, 0.05) is 0 Å². The van der Waals surface area contributed by atoms with E-state index in [9.17, 15) is 0 Å². The van der Waals surface area contributed by atoms with Crippen LogP contribution < -0.4 is 0 Å². The van der Waals surface area contributed by atoms with E-state index in [4.69, 9.17) is 9.90 Å². The van der Waals surface area contributed by atoms with Gasteiger partial charge in [-0.1, -0.05) is 45.3 Å². The van der Waals surface area contributed by atoms with Crippen LogP contribution in [0.2, 0.25) is 0 Å². The minimum absolute atomic E-state index is 0.250. The minimum Gasteiger partial charge on any atom is -0.483 e. The largest absolute Gasteiger partial charge is 0.483 e. The van der Waals surface area contributed by atoms with Gasteiger partial charge in [0.15, 0.2) is 0 Å². The zero-order chi connectivity index (χ0) is 9.66. The first-order chi connectivity index (χ1) is 5.83. The van der Waals surface area contributed by atoms with Crippen LogP contribution in [0.3, 0.4) is 0 Å². The van der Waals surface area contributed by atoms with Crippen molar-refractivity contribution in [2.45, 2.75) is 46.0 Å². The molecule has 0 aromatic carbocycles. The predicted octanol–water partition coefficient (Wildman–Crippen LogP) is 3.23. The monoisotopic (exact) mass is 172 g/mol. The summed E-state index contributed by atoms with van der Waals surface area (Å²) < 4.78 is 0. The second-order valence-corrected chi connectivity index (χ2v) is 2.51. The Labute approximate surface area is 75.3 Å². The van der Waals surface area contributed by atoms with E-state index in [1.54, 1.807) is 0 Å². The topological polar surface area (TPSA) is 37.3 Å². The number of hydrogen-bond donors (Lipinski definition) is 1. The quantitative estimate of drug-likeness (QED) is 0.392. The van der Waals surface area contributed by atoms with Gasteiger partial charge in [-0.2, -0.15) is 0 Å². The number of unbranched alkanes of at least 4 members (excludes halogenated alkanes) is 3. The molecule has 0 aromatic rings. The van der Waals surface area contributed by atoms with E-state index < -0.39 is 0 Å². The van der Waals surface area contributed by atoms with E-state index in [-0.39, 0.29) is 6.47 Å². The van der Waals surface area contributed by atoms with Gasteiger partial charge in [0.05, 0.1) is 0 Å². The van der Waals surface area contributed by atoms with Crippen molar-refractivity contribution < 1.29 is 9.90 Å². The first-order valence-electron chi connectivity index (χ1n) is 4.56. The molecule has 0 radical (unpaired) electrons. The van der Waals surface area contributed by atoms with E-state index >= 15 is 0 Å². The summed E-state index contributed by atoms with van der Waals surface area (Å²) in [6.07, 6.45) is 11.1. The lowest BCUT2D eigenvalue weighted by Gasteiger charge is -1.87. The summed E-state index contributed by atoms with van der Waals surface area (Å²) in [5.41, 5.74) is 0. The summed E-state index contributed by atoms with van der Waals surface area (Å²) in [7, 11) is 0. The molecule has 0 rings (SSSR count). The predicted molar refractivity (Wildman–Crippen MR) is 52.3 cm³/mol. The number of carboxylic acid groups (broad SMARTS) is 1. The van der Waals surface area contributed by atoms with Crippen LogP contribution in [0.5, 0.6) is 0 Å². The van der Waals surface area contributed by atoms with E-state index in [2.05, 4.69) is 26.0 Å². The summed E-state index contributed by atoms with van der Waals surface area (Å²) in [4.78, 5) is 8.36. The maximum absolute atomic E-state index is 8.36. The first kappa shape index (κ1) is 13.8. The molecule has 0 spiro atoms. The fourth-order valence-electron chi connectivity index (χ4n) is 0.724. The molecule has 12 heavy (non-hydrogen) atoms. The Hall–Kier alpha value is -0.790. The van der Waals surface area contributed by atoms with Crippen LogP contribution in [0, 0.1) is 0 Å². The molecule has 0 atom stereocenters. The van der Waals surface area contributed by atoms with Gasteiger partial charge in [-0.05, 0) is 12.8 Å². The van der Waals surface area contributed by atoms with Gasteiger partial charge in [-0.3, -0.25) is 4.79 Å². The van der Waals surface area contributed by atoms with Gasteiger partial charge in [0.1, 0.15) is 0 Å². The Morgan fingerprint density at radius 1 is 1.08 bits per heavy atom. The van der Waals surface area contributed by atoms with Crippen molar-refractivity contribution in [1.29, 1.82) is 0 Å². The summed E-state index contributed by atoms with van der Waals surface area (Å²) in [5, 5.41) is 6.89. The summed E-state index contributed by atoms with van der Waals surface area (Å²) in [5.74, 6) is 0. The molecule has 0 unspecified atom stereocenters. The van der Waals surface area contributed by atoms with Crippen LogP contribution in [-0.2, 0) is 4.79 Å². The van der Waals surface area contributed by atoms with E-state index in [1.807, 2.05) is 0 Å². The van der Waals surface area contributed by atoms with Crippen molar-refractivity contribution in [3.63, 3.8) is 0 Å². The lowest BCUT2D eigenvalue weighted by Crippen LogP contribution is -1.66. The maximum Gasteiger partial charge on any atom is 0.290 e. The molecule has 0 heterocycles. The Morgan fingerprint density at radius 2 is 1.58 bits per heavy atom. The average Bonchev–Trinajstić information content (AvgIpc) is 2.06. The molecule has 0 aromatic heterocycles. The van der Waals surface area contributed by atoms with E-state index in [0.29, 0.717) is 0 Å². The van der Waals surface area contributed by atoms with Gasteiger partial charge in [0.25, 0.3) is 6.47 Å². The zero-order valence-electron chi connectivity index (χ0n) is 8.12. The Balaban J connectivity index is 0. The molecule has 72 valence electrons. The van der Waals surface area contributed by atoms with Crippen molar-refractivity contribution in [2.75, 3.05) is 0 Å². The van der Waals surface area contributed by atoms with Crippen molar-refractivity contribution in [3.8, 4) is 0 Å². The molecule has 0 bridgehead atoms. The molecule has 0 fully saturated rings. The molecule has 2 nitrogen and oxygen atoms in total. The highest BCUT2D eigenvalue weighted by Crippen LogP contribution is 1.96. The number of rotatable bonds is 5. The first-order valence-corrected chi connectivity index (χ1v) is 4.56.